The van der Waals surface area contributed by atoms with Crippen molar-refractivity contribution in [2.24, 2.45) is 22.7 Å². The van der Waals surface area contributed by atoms with E-state index in [0.717, 1.165) is 24.7 Å². The van der Waals surface area contributed by atoms with E-state index in [1.165, 1.54) is 106 Å². The first-order chi connectivity index (χ1) is 22.2. The molecule has 3 aromatic carbocycles. The first kappa shape index (κ1) is 33.8. The Balaban J connectivity index is 0.000000720. The molecule has 0 amide bonds. The fourth-order valence-electron chi connectivity index (χ4n) is 8.92. The number of benzene rings is 3. The van der Waals surface area contributed by atoms with Gasteiger partial charge in [0.15, 0.2) is 0 Å². The van der Waals surface area contributed by atoms with Crippen molar-refractivity contribution in [1.82, 2.24) is 0 Å². The molecule has 0 nitrogen and oxygen atoms in total. The van der Waals surface area contributed by atoms with Crippen LogP contribution in [0.1, 0.15) is 144 Å². The van der Waals surface area contributed by atoms with Crippen LogP contribution in [-0.4, -0.2) is 0 Å². The maximum Gasteiger partial charge on any atom is 0.000174 e. The zero-order valence-electron chi connectivity index (χ0n) is 31.1. The summed E-state index contributed by atoms with van der Waals surface area (Å²) < 4.78 is 0. The second-order valence-electron chi connectivity index (χ2n) is 17.7. The largest absolute Gasteiger partial charge is 0.0998 e. The average Bonchev–Trinajstić information content (AvgIpc) is 3.56. The van der Waals surface area contributed by atoms with E-state index in [-0.39, 0.29) is 0 Å². The topological polar surface area (TPSA) is 0 Å². The lowest BCUT2D eigenvalue weighted by molar-refractivity contribution is 0.0409. The predicted octanol–water partition coefficient (Wildman–Crippen LogP) is 13.7. The van der Waals surface area contributed by atoms with Crippen LogP contribution in [0.2, 0.25) is 0 Å². The van der Waals surface area contributed by atoms with Gasteiger partial charge < -0.3 is 0 Å². The van der Waals surface area contributed by atoms with Crippen molar-refractivity contribution in [2.75, 3.05) is 0 Å². The van der Waals surface area contributed by atoms with E-state index >= 15 is 0 Å². The molecule has 0 saturated heterocycles. The van der Waals surface area contributed by atoms with Crippen LogP contribution >= 0.6 is 0 Å². The van der Waals surface area contributed by atoms with Gasteiger partial charge in [0.2, 0.25) is 0 Å². The van der Waals surface area contributed by atoms with Crippen LogP contribution in [0.25, 0.3) is 28.3 Å². The van der Waals surface area contributed by atoms with Crippen molar-refractivity contribution >= 4 is 17.2 Å². The normalized spacial score (nSPS) is 22.7. The number of hydrogen-bond donors (Lipinski definition) is 0. The highest BCUT2D eigenvalue weighted by Crippen LogP contribution is 2.55. The fourth-order valence-corrected chi connectivity index (χ4v) is 8.92. The monoisotopic (exact) mass is 624 g/mol. The van der Waals surface area contributed by atoms with Crippen molar-refractivity contribution < 1.29 is 0 Å². The molecule has 0 spiro atoms. The van der Waals surface area contributed by atoms with Crippen LogP contribution in [0.4, 0.5) is 0 Å². The molecule has 1 atom stereocenters. The average molecular weight is 625 g/mol. The summed E-state index contributed by atoms with van der Waals surface area (Å²) in [6, 6.07) is 19.0. The SMILES string of the molecule is C=C(C)Cc1c(C)cc2c(c1-c1ccc(C)cc1)CC(c1ccc3c(c1)C(C1CCC(C4(C)CCC4)CC1)=CC3C)=C2.CC(C)(C)C. The lowest BCUT2D eigenvalue weighted by Crippen LogP contribution is -2.36. The van der Waals surface area contributed by atoms with Gasteiger partial charge in [-0.2, -0.15) is 0 Å². The van der Waals surface area contributed by atoms with E-state index in [4.69, 9.17) is 0 Å². The molecule has 0 aromatic heterocycles. The second kappa shape index (κ2) is 13.1. The molecular formula is C47H60. The molecule has 2 saturated carbocycles. The van der Waals surface area contributed by atoms with Gasteiger partial charge in [0.1, 0.15) is 0 Å². The molecule has 0 radical (unpaired) electrons. The molecular weight excluding hydrogens is 565 g/mol. The zero-order chi connectivity index (χ0) is 33.7. The molecule has 0 bridgehead atoms. The third kappa shape index (κ3) is 7.18. The summed E-state index contributed by atoms with van der Waals surface area (Å²) in [5, 5.41) is 0. The summed E-state index contributed by atoms with van der Waals surface area (Å²) in [7, 11) is 0. The van der Waals surface area contributed by atoms with Gasteiger partial charge in [0.25, 0.3) is 0 Å². The molecule has 0 heterocycles. The molecule has 2 fully saturated rings. The van der Waals surface area contributed by atoms with Crippen molar-refractivity contribution in [3.63, 3.8) is 0 Å². The Labute approximate surface area is 287 Å². The molecule has 0 heteroatoms. The summed E-state index contributed by atoms with van der Waals surface area (Å²) >= 11 is 0. The highest BCUT2D eigenvalue weighted by Gasteiger charge is 2.42. The Morgan fingerprint density at radius 1 is 0.894 bits per heavy atom. The highest BCUT2D eigenvalue weighted by molar-refractivity contribution is 5.94. The van der Waals surface area contributed by atoms with Gasteiger partial charge in [-0.1, -0.05) is 120 Å². The molecule has 4 aliphatic carbocycles. The second-order valence-corrected chi connectivity index (χ2v) is 17.7. The molecule has 47 heavy (non-hydrogen) atoms. The molecule has 1 unspecified atom stereocenters. The van der Waals surface area contributed by atoms with Crippen molar-refractivity contribution in [2.45, 2.75) is 126 Å². The molecule has 4 aliphatic rings. The minimum absolute atomic E-state index is 0.500. The van der Waals surface area contributed by atoms with Gasteiger partial charge in [-0.15, -0.1) is 0 Å². The smallest absolute Gasteiger partial charge is 0.000174 e. The Hall–Kier alpha value is -3.12. The Morgan fingerprint density at radius 2 is 1.53 bits per heavy atom. The summed E-state index contributed by atoms with van der Waals surface area (Å²) in [6.45, 7) is 24.6. The van der Waals surface area contributed by atoms with Gasteiger partial charge in [0.05, 0.1) is 0 Å². The lowest BCUT2D eigenvalue weighted by Gasteiger charge is -2.48. The van der Waals surface area contributed by atoms with Gasteiger partial charge in [-0.05, 0) is 162 Å². The van der Waals surface area contributed by atoms with Crippen LogP contribution in [-0.2, 0) is 12.8 Å². The zero-order valence-corrected chi connectivity index (χ0v) is 31.1. The molecule has 3 aromatic rings. The third-order valence-electron chi connectivity index (χ3n) is 11.6. The van der Waals surface area contributed by atoms with Crippen LogP contribution in [0.5, 0.6) is 0 Å². The minimum Gasteiger partial charge on any atom is -0.0998 e. The third-order valence-corrected chi connectivity index (χ3v) is 11.6. The van der Waals surface area contributed by atoms with Crippen LogP contribution in [0.3, 0.4) is 0 Å². The van der Waals surface area contributed by atoms with Crippen molar-refractivity contribution in [3.8, 4) is 11.1 Å². The number of hydrogen-bond acceptors (Lipinski definition) is 0. The van der Waals surface area contributed by atoms with E-state index < -0.39 is 0 Å². The molecule has 0 aliphatic heterocycles. The Bertz CT molecular complexity index is 1690. The molecule has 7 rings (SSSR count). The number of aryl methyl sites for hydroxylation is 2. The van der Waals surface area contributed by atoms with Gasteiger partial charge in [-0.25, -0.2) is 0 Å². The van der Waals surface area contributed by atoms with Gasteiger partial charge in [-0.3, -0.25) is 0 Å². The Morgan fingerprint density at radius 3 is 2.13 bits per heavy atom. The maximum absolute atomic E-state index is 4.29. The van der Waals surface area contributed by atoms with Crippen molar-refractivity contribution in [3.05, 3.63) is 111 Å². The van der Waals surface area contributed by atoms with Crippen molar-refractivity contribution in [1.29, 1.82) is 0 Å². The summed E-state index contributed by atoms with van der Waals surface area (Å²) in [5.74, 6) is 2.22. The molecule has 248 valence electrons. The van der Waals surface area contributed by atoms with Crippen LogP contribution < -0.4 is 0 Å². The number of fused-ring (bicyclic) bond motifs is 2. The van der Waals surface area contributed by atoms with Crippen LogP contribution in [0, 0.1) is 36.5 Å². The summed E-state index contributed by atoms with van der Waals surface area (Å²) in [4.78, 5) is 0. The minimum atomic E-state index is 0.500. The summed E-state index contributed by atoms with van der Waals surface area (Å²) in [5.41, 5.74) is 19.8. The standard InChI is InChI=1S/C42H48.C5H12/c1-26(2)20-37-28(4)21-34-23-33(25-39(34)41(37)31-10-8-27(3)9-11-31)32-14-17-36-29(5)22-38(40(36)24-32)30-12-15-35(16-13-30)42(6)18-7-19-42;1-5(2,3)4/h8-11,14,17,21-24,29-30,35H,1,7,12-13,15-16,18-20,25H2,2-6H3;1-4H3. The molecule has 0 N–H and O–H groups in total. The van der Waals surface area contributed by atoms with E-state index in [1.54, 1.807) is 11.1 Å². The first-order valence-electron chi connectivity index (χ1n) is 18.6. The first-order valence-corrected chi connectivity index (χ1v) is 18.6. The van der Waals surface area contributed by atoms with E-state index in [0.29, 0.717) is 16.7 Å². The predicted molar refractivity (Wildman–Crippen MR) is 207 cm³/mol. The van der Waals surface area contributed by atoms with Gasteiger partial charge >= 0.3 is 0 Å². The van der Waals surface area contributed by atoms with Crippen LogP contribution in [0.15, 0.2) is 66.8 Å². The van der Waals surface area contributed by atoms with E-state index in [9.17, 15) is 0 Å². The Kier molecular flexibility index (Phi) is 9.38. The quantitative estimate of drug-likeness (QED) is 0.239. The lowest BCUT2D eigenvalue weighted by atomic mass is 9.57. The highest BCUT2D eigenvalue weighted by atomic mass is 14.5. The van der Waals surface area contributed by atoms with Gasteiger partial charge in [0, 0.05) is 5.92 Å². The van der Waals surface area contributed by atoms with E-state index in [2.05, 4.69) is 130 Å². The fraction of sp³-hybridized carbons (Fsp3) is 0.489. The number of rotatable bonds is 6. The number of allylic oxidation sites excluding steroid dienone is 4. The van der Waals surface area contributed by atoms with E-state index in [1.807, 2.05) is 0 Å². The maximum atomic E-state index is 4.29. The summed E-state index contributed by atoms with van der Waals surface area (Å²) in [6.07, 6.45) is 17.0.